The number of unbranched alkanes of at least 4 members (excludes halogenated alkanes) is 49. The molecule has 5 atom stereocenters. The standard InChI is InChI=1S/C77H150O17P2/c1-6-9-12-15-18-20-22-24-26-28-30-32-34-36-41-46-51-56-61-75(80)88-67-73(94-76(81)62-57-52-47-42-37-35-33-31-29-27-25-23-21-19-16-13-10-7-2)69-92-96(85,86)90-65-71(78)64-89-95(83,84)91-68-72(66-87-74(79)60-55-50-44-17-14-11-8-3)93-77(82)63-58-53-48-43-39-38-40-45-49-54-59-70(4)5/h70-73,78H,6-69H2,1-5H3,(H,83,84)(H,85,86)/t71-,72+,73+/m0/s1. The van der Waals surface area contributed by atoms with Crippen molar-refractivity contribution in [1.29, 1.82) is 0 Å². The van der Waals surface area contributed by atoms with E-state index < -0.39 is 97.5 Å². The van der Waals surface area contributed by atoms with Gasteiger partial charge in [0.2, 0.25) is 0 Å². The molecule has 0 saturated heterocycles. The van der Waals surface area contributed by atoms with E-state index in [0.29, 0.717) is 25.7 Å². The molecule has 570 valence electrons. The lowest BCUT2D eigenvalue weighted by Crippen LogP contribution is -2.30. The molecule has 0 aromatic carbocycles. The lowest BCUT2D eigenvalue weighted by Gasteiger charge is -2.21. The van der Waals surface area contributed by atoms with Crippen molar-refractivity contribution in [3.8, 4) is 0 Å². The van der Waals surface area contributed by atoms with Gasteiger partial charge in [-0.25, -0.2) is 9.13 Å². The van der Waals surface area contributed by atoms with Crippen molar-refractivity contribution in [2.24, 2.45) is 5.92 Å². The van der Waals surface area contributed by atoms with Gasteiger partial charge < -0.3 is 33.8 Å². The van der Waals surface area contributed by atoms with Crippen LogP contribution in [0.1, 0.15) is 407 Å². The van der Waals surface area contributed by atoms with Gasteiger partial charge in [-0.3, -0.25) is 37.3 Å². The molecule has 0 aliphatic carbocycles. The van der Waals surface area contributed by atoms with Crippen molar-refractivity contribution in [2.75, 3.05) is 39.6 Å². The Bertz CT molecular complexity index is 1840. The Morgan fingerprint density at radius 2 is 0.479 bits per heavy atom. The van der Waals surface area contributed by atoms with Crippen molar-refractivity contribution < 1.29 is 80.2 Å². The topological polar surface area (TPSA) is 237 Å². The summed E-state index contributed by atoms with van der Waals surface area (Å²) in [4.78, 5) is 72.7. The Morgan fingerprint density at radius 1 is 0.281 bits per heavy atom. The van der Waals surface area contributed by atoms with Gasteiger partial charge in [-0.05, 0) is 31.6 Å². The Kier molecular flexibility index (Phi) is 68.7. The van der Waals surface area contributed by atoms with E-state index in [2.05, 4.69) is 34.6 Å². The Hall–Kier alpha value is -1.94. The van der Waals surface area contributed by atoms with Gasteiger partial charge in [-0.1, -0.05) is 356 Å². The van der Waals surface area contributed by atoms with E-state index in [1.54, 1.807) is 0 Å². The highest BCUT2D eigenvalue weighted by Gasteiger charge is 2.30. The first kappa shape index (κ1) is 94.1. The van der Waals surface area contributed by atoms with Crippen LogP contribution in [-0.4, -0.2) is 96.7 Å². The predicted molar refractivity (Wildman–Crippen MR) is 391 cm³/mol. The third kappa shape index (κ3) is 70.5. The van der Waals surface area contributed by atoms with E-state index in [4.69, 9.17) is 37.0 Å². The van der Waals surface area contributed by atoms with Gasteiger partial charge in [0, 0.05) is 25.7 Å². The quantitative estimate of drug-likeness (QED) is 0.0222. The van der Waals surface area contributed by atoms with Crippen molar-refractivity contribution in [3.05, 3.63) is 0 Å². The fourth-order valence-electron chi connectivity index (χ4n) is 11.9. The number of phosphoric ester groups is 2. The van der Waals surface area contributed by atoms with Crippen LogP contribution in [0.2, 0.25) is 0 Å². The summed E-state index contributed by atoms with van der Waals surface area (Å²) in [7, 11) is -9.91. The molecular formula is C77H150O17P2. The molecule has 96 heavy (non-hydrogen) atoms. The predicted octanol–water partition coefficient (Wildman–Crippen LogP) is 22.9. The maximum absolute atomic E-state index is 13.1. The van der Waals surface area contributed by atoms with E-state index in [1.165, 1.54) is 218 Å². The van der Waals surface area contributed by atoms with Crippen LogP contribution in [0.3, 0.4) is 0 Å². The number of rotatable bonds is 77. The zero-order chi connectivity index (χ0) is 70.5. The van der Waals surface area contributed by atoms with Crippen molar-refractivity contribution in [3.63, 3.8) is 0 Å². The molecule has 0 aromatic heterocycles. The van der Waals surface area contributed by atoms with Crippen LogP contribution < -0.4 is 0 Å². The van der Waals surface area contributed by atoms with Crippen LogP contribution >= 0.6 is 15.6 Å². The molecule has 0 rings (SSSR count). The first-order valence-corrected chi connectivity index (χ1v) is 43.1. The summed E-state index contributed by atoms with van der Waals surface area (Å²) in [6.07, 6.45) is 59.9. The van der Waals surface area contributed by atoms with E-state index in [-0.39, 0.29) is 25.7 Å². The molecule has 0 spiro atoms. The summed E-state index contributed by atoms with van der Waals surface area (Å²) in [6.45, 7) is 7.25. The maximum atomic E-state index is 13.1. The molecule has 0 radical (unpaired) electrons. The lowest BCUT2D eigenvalue weighted by molar-refractivity contribution is -0.161. The summed E-state index contributed by atoms with van der Waals surface area (Å²) in [6, 6.07) is 0. The van der Waals surface area contributed by atoms with Crippen molar-refractivity contribution in [2.45, 2.75) is 425 Å². The zero-order valence-electron chi connectivity index (χ0n) is 62.5. The molecule has 0 fully saturated rings. The first-order valence-electron chi connectivity index (χ1n) is 40.1. The summed E-state index contributed by atoms with van der Waals surface area (Å²) in [5.74, 6) is -1.36. The molecule has 17 nitrogen and oxygen atoms in total. The number of phosphoric acid groups is 2. The number of carbonyl (C=O) groups is 4. The number of esters is 4. The van der Waals surface area contributed by atoms with E-state index in [1.807, 2.05) is 0 Å². The molecule has 0 aliphatic heterocycles. The minimum atomic E-state index is -4.96. The van der Waals surface area contributed by atoms with Crippen LogP contribution in [0.15, 0.2) is 0 Å². The number of carbonyl (C=O) groups excluding carboxylic acids is 4. The smallest absolute Gasteiger partial charge is 0.462 e. The molecular weight excluding hydrogens is 1260 g/mol. The fraction of sp³-hybridized carbons (Fsp3) is 0.948. The van der Waals surface area contributed by atoms with Crippen LogP contribution in [0.25, 0.3) is 0 Å². The molecule has 0 aliphatic rings. The molecule has 0 bridgehead atoms. The molecule has 0 amide bonds. The van der Waals surface area contributed by atoms with Crippen molar-refractivity contribution >= 4 is 39.5 Å². The van der Waals surface area contributed by atoms with Crippen LogP contribution in [0.4, 0.5) is 0 Å². The van der Waals surface area contributed by atoms with Gasteiger partial charge >= 0.3 is 39.5 Å². The minimum absolute atomic E-state index is 0.106. The number of aliphatic hydroxyl groups is 1. The lowest BCUT2D eigenvalue weighted by atomic mass is 10.0. The fourth-order valence-corrected chi connectivity index (χ4v) is 13.5. The highest BCUT2D eigenvalue weighted by Crippen LogP contribution is 2.45. The maximum Gasteiger partial charge on any atom is 0.472 e. The average molecular weight is 1410 g/mol. The SMILES string of the molecule is CCCCCCCCCCCCCCCCCCCCC(=O)OC[C@H](COP(=O)(O)OC[C@@H](O)COP(=O)(O)OC[C@@H](COC(=O)CCCCCCCCC)OC(=O)CCCCCCCCCCCCC(C)C)OC(=O)CCCCCCCCCCCCCCCCCCCC. The van der Waals surface area contributed by atoms with Gasteiger partial charge in [-0.15, -0.1) is 0 Å². The van der Waals surface area contributed by atoms with Crippen LogP contribution in [0.5, 0.6) is 0 Å². The largest absolute Gasteiger partial charge is 0.472 e. The third-order valence-electron chi connectivity index (χ3n) is 18.0. The van der Waals surface area contributed by atoms with Crippen LogP contribution in [-0.2, 0) is 65.4 Å². The first-order chi connectivity index (χ1) is 46.5. The Morgan fingerprint density at radius 3 is 0.708 bits per heavy atom. The van der Waals surface area contributed by atoms with Gasteiger partial charge in [0.25, 0.3) is 0 Å². The van der Waals surface area contributed by atoms with E-state index in [0.717, 1.165) is 109 Å². The summed E-state index contributed by atoms with van der Waals surface area (Å²) < 4.78 is 68.5. The third-order valence-corrected chi connectivity index (χ3v) is 19.9. The normalized spacial score (nSPS) is 13.9. The number of hydrogen-bond donors (Lipinski definition) is 3. The highest BCUT2D eigenvalue weighted by molar-refractivity contribution is 7.47. The van der Waals surface area contributed by atoms with E-state index >= 15 is 0 Å². The Labute approximate surface area is 588 Å². The second-order valence-corrected chi connectivity index (χ2v) is 31.1. The second kappa shape index (κ2) is 70.1. The molecule has 0 aromatic rings. The molecule has 0 heterocycles. The monoisotopic (exact) mass is 1410 g/mol. The van der Waals surface area contributed by atoms with Gasteiger partial charge in [0.15, 0.2) is 12.2 Å². The molecule has 19 heteroatoms. The molecule has 2 unspecified atom stereocenters. The van der Waals surface area contributed by atoms with Gasteiger partial charge in [-0.2, -0.15) is 0 Å². The molecule has 0 saturated carbocycles. The Balaban J connectivity index is 5.18. The number of hydrogen-bond acceptors (Lipinski definition) is 15. The van der Waals surface area contributed by atoms with Gasteiger partial charge in [0.1, 0.15) is 19.3 Å². The van der Waals surface area contributed by atoms with Gasteiger partial charge in [0.05, 0.1) is 26.4 Å². The number of aliphatic hydroxyl groups excluding tert-OH is 1. The zero-order valence-corrected chi connectivity index (χ0v) is 64.3. The minimum Gasteiger partial charge on any atom is -0.462 e. The summed E-state index contributed by atoms with van der Waals surface area (Å²) in [5.41, 5.74) is 0. The van der Waals surface area contributed by atoms with E-state index in [9.17, 15) is 43.2 Å². The summed E-state index contributed by atoms with van der Waals surface area (Å²) in [5, 5.41) is 10.6. The van der Waals surface area contributed by atoms with Crippen LogP contribution in [0, 0.1) is 5.92 Å². The highest BCUT2D eigenvalue weighted by atomic mass is 31.2. The number of ether oxygens (including phenoxy) is 4. The second-order valence-electron chi connectivity index (χ2n) is 28.2. The average Bonchev–Trinajstić information content (AvgIpc) is 1.70. The van der Waals surface area contributed by atoms with Crippen molar-refractivity contribution in [1.82, 2.24) is 0 Å². The molecule has 3 N–H and O–H groups in total. The summed E-state index contributed by atoms with van der Waals surface area (Å²) >= 11 is 0.